The molecule has 4 aromatic rings. The predicted molar refractivity (Wildman–Crippen MR) is 121 cm³/mol. The number of anilines is 3. The van der Waals surface area contributed by atoms with Crippen LogP contribution in [0.25, 0.3) is 21.9 Å². The Bertz CT molecular complexity index is 1280. The number of aromatic amines is 1. The van der Waals surface area contributed by atoms with E-state index in [4.69, 9.17) is 4.98 Å². The van der Waals surface area contributed by atoms with E-state index < -0.39 is 0 Å². The smallest absolute Gasteiger partial charge is 0.323 e. The number of fused-ring (bicyclic) bond motifs is 5. The van der Waals surface area contributed by atoms with E-state index in [2.05, 4.69) is 43.1 Å². The number of carbonyl (C=O) groups excluding carboxylic acids is 1. The number of benzene rings is 2. The number of nitrogens with one attached hydrogen (secondary N) is 3. The molecule has 2 bridgehead atoms. The van der Waals surface area contributed by atoms with Crippen molar-refractivity contribution in [2.45, 2.75) is 31.7 Å². The molecule has 0 unspecified atom stereocenters. The highest BCUT2D eigenvalue weighted by Crippen LogP contribution is 2.37. The number of hydrogen-bond acceptors (Lipinski definition) is 5. The Morgan fingerprint density at radius 1 is 0.871 bits per heavy atom. The number of nitrogens with zero attached hydrogens (tertiary/aromatic N) is 4. The molecule has 8 nitrogen and oxygen atoms in total. The lowest BCUT2D eigenvalue weighted by Crippen LogP contribution is -2.48. The summed E-state index contributed by atoms with van der Waals surface area (Å²) in [6.07, 6.45) is 5.29. The number of H-pyrrole nitrogens is 1. The third kappa shape index (κ3) is 3.43. The van der Waals surface area contributed by atoms with Gasteiger partial charge in [-0.3, -0.25) is 0 Å². The first-order chi connectivity index (χ1) is 15.2. The molecule has 1 aliphatic carbocycles. The number of rotatable bonds is 3. The van der Waals surface area contributed by atoms with Crippen LogP contribution in [0, 0.1) is 5.92 Å². The monoisotopic (exact) mass is 413 g/mol. The molecule has 7 rings (SSSR count). The summed E-state index contributed by atoms with van der Waals surface area (Å²) in [5, 5.41) is 17.4. The van der Waals surface area contributed by atoms with Crippen LogP contribution in [0.4, 0.5) is 22.0 Å². The molecule has 3 aliphatic rings. The number of carbonyl (C=O) groups is 1. The normalized spacial score (nSPS) is 20.3. The van der Waals surface area contributed by atoms with E-state index in [-0.39, 0.29) is 6.03 Å². The van der Waals surface area contributed by atoms with Crippen LogP contribution in [0.1, 0.15) is 25.7 Å². The van der Waals surface area contributed by atoms with Gasteiger partial charge in [-0.1, -0.05) is 0 Å². The van der Waals surface area contributed by atoms with Gasteiger partial charge in [-0.15, -0.1) is 0 Å². The van der Waals surface area contributed by atoms with Crippen LogP contribution in [0.15, 0.2) is 48.5 Å². The minimum Gasteiger partial charge on any atom is -0.353 e. The zero-order valence-electron chi connectivity index (χ0n) is 17.0. The van der Waals surface area contributed by atoms with Crippen LogP contribution in [-0.4, -0.2) is 39.0 Å². The van der Waals surface area contributed by atoms with E-state index in [0.29, 0.717) is 17.2 Å². The molecule has 3 fully saturated rings. The highest BCUT2D eigenvalue weighted by Gasteiger charge is 2.34. The maximum Gasteiger partial charge on any atom is 0.323 e. The standard InChI is InChI=1S/C23H23N7O/c31-23(25-17-5-9-20-21(12-17)28-29-27-20)24-16-4-8-19-15(11-16)3-10-22(26-19)30-13-14-1-6-18(30)7-2-14/h3-5,8-12,14,18H,1-2,6-7,13H2,(H2,24,25,31)(H,27,28,29). The largest absolute Gasteiger partial charge is 0.353 e. The number of amides is 2. The lowest BCUT2D eigenvalue weighted by atomic mass is 9.80. The van der Waals surface area contributed by atoms with E-state index in [1.807, 2.05) is 24.3 Å². The molecule has 8 heteroatoms. The van der Waals surface area contributed by atoms with Crippen molar-refractivity contribution in [3.63, 3.8) is 0 Å². The molecule has 4 heterocycles. The van der Waals surface area contributed by atoms with Crippen molar-refractivity contribution in [3.8, 4) is 0 Å². The van der Waals surface area contributed by atoms with Crippen LogP contribution in [-0.2, 0) is 0 Å². The third-order valence-corrected chi connectivity index (χ3v) is 6.51. The van der Waals surface area contributed by atoms with Crippen LogP contribution in [0.5, 0.6) is 0 Å². The van der Waals surface area contributed by atoms with Gasteiger partial charge >= 0.3 is 6.03 Å². The third-order valence-electron chi connectivity index (χ3n) is 6.51. The fourth-order valence-electron chi connectivity index (χ4n) is 4.91. The number of pyridine rings is 1. The molecule has 2 amide bonds. The average Bonchev–Trinajstić information content (AvgIpc) is 3.27. The molecule has 2 aromatic carbocycles. The van der Waals surface area contributed by atoms with Gasteiger partial charge in [0.1, 0.15) is 16.9 Å². The summed E-state index contributed by atoms with van der Waals surface area (Å²) >= 11 is 0. The summed E-state index contributed by atoms with van der Waals surface area (Å²) in [6, 6.07) is 15.7. The molecule has 3 N–H and O–H groups in total. The predicted octanol–water partition coefficient (Wildman–Crippen LogP) is 4.53. The Morgan fingerprint density at radius 2 is 1.61 bits per heavy atom. The van der Waals surface area contributed by atoms with Gasteiger partial charge in [-0.25, -0.2) is 9.78 Å². The lowest BCUT2D eigenvalue weighted by molar-refractivity contribution is 0.251. The highest BCUT2D eigenvalue weighted by molar-refractivity contribution is 6.01. The van der Waals surface area contributed by atoms with Crippen molar-refractivity contribution in [1.82, 2.24) is 20.4 Å². The summed E-state index contributed by atoms with van der Waals surface area (Å²) in [6.45, 7) is 1.13. The Kier molecular flexibility index (Phi) is 4.22. The first kappa shape index (κ1) is 18.1. The molecular weight excluding hydrogens is 390 g/mol. The van der Waals surface area contributed by atoms with E-state index in [9.17, 15) is 4.79 Å². The molecule has 2 aromatic heterocycles. The summed E-state index contributed by atoms with van der Waals surface area (Å²) in [4.78, 5) is 19.8. The van der Waals surface area contributed by atoms with Gasteiger partial charge in [0.2, 0.25) is 0 Å². The van der Waals surface area contributed by atoms with Gasteiger partial charge in [-0.05, 0) is 80.1 Å². The second-order valence-electron chi connectivity index (χ2n) is 8.51. The second-order valence-corrected chi connectivity index (χ2v) is 8.51. The zero-order chi connectivity index (χ0) is 20.8. The van der Waals surface area contributed by atoms with Crippen LogP contribution in [0.2, 0.25) is 0 Å². The van der Waals surface area contributed by atoms with Gasteiger partial charge in [0.15, 0.2) is 0 Å². The minimum atomic E-state index is -0.309. The zero-order valence-corrected chi connectivity index (χ0v) is 17.0. The Morgan fingerprint density at radius 3 is 2.39 bits per heavy atom. The number of piperidine rings is 2. The quantitative estimate of drug-likeness (QED) is 0.458. The van der Waals surface area contributed by atoms with E-state index in [0.717, 1.165) is 40.4 Å². The SMILES string of the molecule is O=C(Nc1ccc2nc(N3CC4CCC3CC4)ccc2c1)Nc1ccc2n[nH]nc2c1. The highest BCUT2D eigenvalue weighted by atomic mass is 16.2. The summed E-state index contributed by atoms with van der Waals surface area (Å²) in [5.74, 6) is 1.89. The lowest BCUT2D eigenvalue weighted by Gasteiger charge is -2.46. The Labute approximate surface area is 179 Å². The van der Waals surface area contributed by atoms with Crippen LogP contribution >= 0.6 is 0 Å². The van der Waals surface area contributed by atoms with Gasteiger partial charge in [0.25, 0.3) is 0 Å². The number of hydrogen-bond donors (Lipinski definition) is 3. The molecular formula is C23H23N7O. The van der Waals surface area contributed by atoms with Crippen molar-refractivity contribution in [1.29, 1.82) is 0 Å². The topological polar surface area (TPSA) is 98.8 Å². The van der Waals surface area contributed by atoms with Crippen LogP contribution < -0.4 is 15.5 Å². The maximum absolute atomic E-state index is 12.4. The molecule has 0 radical (unpaired) electrons. The van der Waals surface area contributed by atoms with E-state index in [1.54, 1.807) is 12.1 Å². The van der Waals surface area contributed by atoms with Crippen molar-refractivity contribution in [2.24, 2.45) is 5.92 Å². The molecule has 2 aliphatic heterocycles. The van der Waals surface area contributed by atoms with Crippen molar-refractivity contribution < 1.29 is 4.79 Å². The second kappa shape index (κ2) is 7.23. The molecule has 31 heavy (non-hydrogen) atoms. The van der Waals surface area contributed by atoms with E-state index >= 15 is 0 Å². The average molecular weight is 413 g/mol. The minimum absolute atomic E-state index is 0.309. The van der Waals surface area contributed by atoms with Crippen molar-refractivity contribution in [2.75, 3.05) is 22.1 Å². The first-order valence-corrected chi connectivity index (χ1v) is 10.8. The van der Waals surface area contributed by atoms with Crippen LogP contribution in [0.3, 0.4) is 0 Å². The molecule has 156 valence electrons. The van der Waals surface area contributed by atoms with Gasteiger partial charge in [0, 0.05) is 29.3 Å². The summed E-state index contributed by atoms with van der Waals surface area (Å²) < 4.78 is 0. The number of aromatic nitrogens is 4. The van der Waals surface area contributed by atoms with Crippen molar-refractivity contribution >= 4 is 45.2 Å². The fourth-order valence-corrected chi connectivity index (χ4v) is 4.91. The molecule has 2 saturated heterocycles. The molecule has 0 spiro atoms. The number of urea groups is 1. The maximum atomic E-state index is 12.4. The first-order valence-electron chi connectivity index (χ1n) is 10.8. The van der Waals surface area contributed by atoms with Gasteiger partial charge in [0.05, 0.1) is 5.52 Å². The van der Waals surface area contributed by atoms with Gasteiger partial charge < -0.3 is 15.5 Å². The fraction of sp³-hybridized carbons (Fsp3) is 0.304. The molecule has 0 atom stereocenters. The Hall–Kier alpha value is -3.68. The summed E-state index contributed by atoms with van der Waals surface area (Å²) in [7, 11) is 0. The summed E-state index contributed by atoms with van der Waals surface area (Å²) in [5.41, 5.74) is 3.78. The molecule has 1 saturated carbocycles. The van der Waals surface area contributed by atoms with Gasteiger partial charge in [-0.2, -0.15) is 15.4 Å². The Balaban J connectivity index is 1.17. The van der Waals surface area contributed by atoms with Crippen molar-refractivity contribution in [3.05, 3.63) is 48.5 Å². The van der Waals surface area contributed by atoms with E-state index in [1.165, 1.54) is 25.7 Å².